The largest absolute Gasteiger partial charge is 0.0683 e. The number of fused-ring (bicyclic) bond motifs is 9. The van der Waals surface area contributed by atoms with Gasteiger partial charge in [0.05, 0.1) is 0 Å². The van der Waals surface area contributed by atoms with Crippen LogP contribution in [-0.2, 0) is 17.3 Å². The van der Waals surface area contributed by atoms with E-state index in [-0.39, 0.29) is 10.8 Å². The second-order valence-corrected chi connectivity index (χ2v) is 19.2. The second kappa shape index (κ2) is 18.1. The van der Waals surface area contributed by atoms with E-state index >= 15 is 0 Å². The number of aryl methyl sites for hydroxylation is 3. The average molecular weight is 855 g/mol. The Balaban J connectivity index is 0.000000122. The van der Waals surface area contributed by atoms with Gasteiger partial charge in [0.2, 0.25) is 0 Å². The molecule has 0 aliphatic heterocycles. The Hall–Kier alpha value is -7.02. The van der Waals surface area contributed by atoms with E-state index in [2.05, 4.69) is 249 Å². The van der Waals surface area contributed by atoms with Crippen molar-refractivity contribution in [3.8, 4) is 66.8 Å². The van der Waals surface area contributed by atoms with Gasteiger partial charge in [-0.25, -0.2) is 0 Å². The zero-order chi connectivity index (χ0) is 46.2. The molecule has 9 aromatic carbocycles. The molecule has 0 spiro atoms. The zero-order valence-corrected chi connectivity index (χ0v) is 40.3. The maximum Gasteiger partial charge on any atom is 0.0159 e. The Morgan fingerprint density at radius 3 is 1.12 bits per heavy atom. The minimum absolute atomic E-state index is 0.0709. The lowest BCUT2D eigenvalue weighted by atomic mass is 9.81. The van der Waals surface area contributed by atoms with E-state index in [1.807, 2.05) is 13.8 Å². The molecule has 9 aromatic rings. The molecular weight excluding hydrogens is 793 g/mol. The Labute approximate surface area is 394 Å². The van der Waals surface area contributed by atoms with Crippen LogP contribution in [0.2, 0.25) is 0 Å². The summed E-state index contributed by atoms with van der Waals surface area (Å²) in [5.74, 6) is 0. The molecule has 326 valence electrons. The van der Waals surface area contributed by atoms with Crippen LogP contribution in [0.4, 0.5) is 0 Å². The van der Waals surface area contributed by atoms with Gasteiger partial charge in [-0.3, -0.25) is 0 Å². The van der Waals surface area contributed by atoms with Gasteiger partial charge in [-0.15, -0.1) is 0 Å². The van der Waals surface area contributed by atoms with Gasteiger partial charge in [0, 0.05) is 10.8 Å². The topological polar surface area (TPSA) is 0 Å². The summed E-state index contributed by atoms with van der Waals surface area (Å²) in [6, 6.07) is 73.2. The predicted octanol–water partition coefficient (Wildman–Crippen LogP) is 18.2. The van der Waals surface area contributed by atoms with Crippen LogP contribution in [0.25, 0.3) is 66.8 Å². The maximum atomic E-state index is 2.38. The maximum absolute atomic E-state index is 2.38. The summed E-state index contributed by atoms with van der Waals surface area (Å²) in [4.78, 5) is 0. The second-order valence-electron chi connectivity index (χ2n) is 19.2. The summed E-state index contributed by atoms with van der Waals surface area (Å²) in [7, 11) is 0. The third kappa shape index (κ3) is 8.27. The molecule has 0 aromatic heterocycles. The summed E-state index contributed by atoms with van der Waals surface area (Å²) < 4.78 is 0. The van der Waals surface area contributed by atoms with Gasteiger partial charge in [0.15, 0.2) is 0 Å². The van der Waals surface area contributed by atoms with Crippen LogP contribution < -0.4 is 0 Å². The number of rotatable bonds is 3. The zero-order valence-electron chi connectivity index (χ0n) is 40.3. The molecule has 0 heterocycles. The first-order valence-corrected chi connectivity index (χ1v) is 23.9. The first-order chi connectivity index (χ1) is 32.0. The quantitative estimate of drug-likeness (QED) is 0.166. The molecule has 66 heavy (non-hydrogen) atoms. The summed E-state index contributed by atoms with van der Waals surface area (Å²) in [5.41, 5.74) is 28.9. The summed E-state index contributed by atoms with van der Waals surface area (Å²) in [6.07, 6.45) is 1.07. The monoisotopic (exact) mass is 854 g/mol. The minimum Gasteiger partial charge on any atom is -0.0683 e. The van der Waals surface area contributed by atoms with Crippen molar-refractivity contribution in [1.82, 2.24) is 0 Å². The SMILES string of the molecule is CC.Cc1ccc(-c2ccc3c(c2)-c2ccccc2C3)cc1.Cc1ccc2c(c1)C(C)(C)c1cc(-c3ccccc3)ccc1-2.Cc1ccc2c(c1)C(C)(C)c1cc(-c3ccccc3)ccc1-2. The third-order valence-electron chi connectivity index (χ3n) is 14.1. The molecular formula is C66H62. The third-order valence-corrected chi connectivity index (χ3v) is 14.1. The van der Waals surface area contributed by atoms with Crippen molar-refractivity contribution < 1.29 is 0 Å². The highest BCUT2D eigenvalue weighted by Crippen LogP contribution is 2.51. The summed E-state index contributed by atoms with van der Waals surface area (Å²) in [6.45, 7) is 19.8. The van der Waals surface area contributed by atoms with Gasteiger partial charge in [0.1, 0.15) is 0 Å². The van der Waals surface area contributed by atoms with Crippen molar-refractivity contribution in [2.24, 2.45) is 0 Å². The van der Waals surface area contributed by atoms with Crippen molar-refractivity contribution in [1.29, 1.82) is 0 Å². The standard InChI is InChI=1S/2C22H20.C20H16.C2H6/c2*1-15-9-11-18-19-12-10-17(16-7-5-4-6-8-16)14-21(19)22(2,3)20(18)13-15;1-14-6-8-15(9-7-14)16-10-11-18-12-17-4-2-3-5-19(17)20(18)13-16;1-2/h2*4-14H,1-3H3;2-11,13H,12H2,1H3;1-2H3. The molecule has 0 unspecified atom stereocenters. The van der Waals surface area contributed by atoms with E-state index < -0.39 is 0 Å². The average Bonchev–Trinajstić information content (AvgIpc) is 3.91. The molecule has 0 N–H and O–H groups in total. The Morgan fingerprint density at radius 1 is 0.273 bits per heavy atom. The lowest BCUT2D eigenvalue weighted by molar-refractivity contribution is 0.660. The van der Waals surface area contributed by atoms with Gasteiger partial charge in [-0.05, 0) is 146 Å². The predicted molar refractivity (Wildman–Crippen MR) is 285 cm³/mol. The fraction of sp³-hybridized carbons (Fsp3) is 0.182. The molecule has 0 nitrogen and oxygen atoms in total. The van der Waals surface area contributed by atoms with Crippen molar-refractivity contribution >= 4 is 0 Å². The van der Waals surface area contributed by atoms with Crippen LogP contribution in [0, 0.1) is 20.8 Å². The van der Waals surface area contributed by atoms with Gasteiger partial charge in [-0.2, -0.15) is 0 Å². The fourth-order valence-electron chi connectivity index (χ4n) is 10.4. The normalized spacial score (nSPS) is 13.4. The number of hydrogen-bond acceptors (Lipinski definition) is 0. The van der Waals surface area contributed by atoms with Crippen molar-refractivity contribution in [3.63, 3.8) is 0 Å². The highest BCUT2D eigenvalue weighted by Gasteiger charge is 2.36. The van der Waals surface area contributed by atoms with Crippen LogP contribution in [-0.4, -0.2) is 0 Å². The molecule has 0 radical (unpaired) electrons. The molecule has 0 fully saturated rings. The van der Waals surface area contributed by atoms with Gasteiger partial charge < -0.3 is 0 Å². The highest BCUT2D eigenvalue weighted by molar-refractivity contribution is 5.86. The van der Waals surface area contributed by atoms with Gasteiger partial charge in [-0.1, -0.05) is 240 Å². The molecule has 3 aliphatic rings. The fourth-order valence-corrected chi connectivity index (χ4v) is 10.4. The molecule has 0 amide bonds. The van der Waals surface area contributed by atoms with Crippen molar-refractivity contribution in [2.75, 3.05) is 0 Å². The van der Waals surface area contributed by atoms with E-state index in [4.69, 9.17) is 0 Å². The minimum atomic E-state index is 0.0709. The molecule has 12 rings (SSSR count). The molecule has 0 saturated carbocycles. The summed E-state index contributed by atoms with van der Waals surface area (Å²) >= 11 is 0. The molecule has 0 saturated heterocycles. The molecule has 0 atom stereocenters. The van der Waals surface area contributed by atoms with E-state index in [1.54, 1.807) is 0 Å². The lowest BCUT2D eigenvalue weighted by Crippen LogP contribution is -2.15. The van der Waals surface area contributed by atoms with Crippen LogP contribution in [0.3, 0.4) is 0 Å². The number of hydrogen-bond donors (Lipinski definition) is 0. The van der Waals surface area contributed by atoms with Crippen molar-refractivity contribution in [2.45, 2.75) is 79.6 Å². The Kier molecular flexibility index (Phi) is 12.1. The molecule has 0 bridgehead atoms. The summed E-state index contributed by atoms with van der Waals surface area (Å²) in [5, 5.41) is 0. The molecule has 0 heteroatoms. The van der Waals surface area contributed by atoms with Crippen LogP contribution in [0.1, 0.15) is 91.6 Å². The van der Waals surface area contributed by atoms with Crippen LogP contribution >= 0.6 is 0 Å². The van der Waals surface area contributed by atoms with Crippen molar-refractivity contribution in [3.05, 3.63) is 250 Å². The Morgan fingerprint density at radius 2 is 0.621 bits per heavy atom. The molecule has 3 aliphatic carbocycles. The lowest BCUT2D eigenvalue weighted by Gasteiger charge is -2.22. The van der Waals surface area contributed by atoms with Gasteiger partial charge >= 0.3 is 0 Å². The first kappa shape index (κ1) is 44.2. The van der Waals surface area contributed by atoms with E-state index in [0.29, 0.717) is 0 Å². The highest BCUT2D eigenvalue weighted by atomic mass is 14.4. The van der Waals surface area contributed by atoms with Crippen LogP contribution in [0.5, 0.6) is 0 Å². The first-order valence-electron chi connectivity index (χ1n) is 23.9. The smallest absolute Gasteiger partial charge is 0.0159 e. The van der Waals surface area contributed by atoms with E-state index in [9.17, 15) is 0 Å². The number of benzene rings is 9. The van der Waals surface area contributed by atoms with E-state index in [0.717, 1.165) is 6.42 Å². The van der Waals surface area contributed by atoms with Crippen LogP contribution in [0.15, 0.2) is 200 Å². The van der Waals surface area contributed by atoms with E-state index in [1.165, 1.54) is 117 Å². The Bertz CT molecular complexity index is 3030. The van der Waals surface area contributed by atoms with Gasteiger partial charge in [0.25, 0.3) is 0 Å².